The van der Waals surface area contributed by atoms with E-state index in [0.29, 0.717) is 17.5 Å². The van der Waals surface area contributed by atoms with E-state index in [9.17, 15) is 8.42 Å². The highest BCUT2D eigenvalue weighted by Crippen LogP contribution is 2.21. The molecule has 1 heterocycles. The fourth-order valence-corrected chi connectivity index (χ4v) is 4.09. The summed E-state index contributed by atoms with van der Waals surface area (Å²) in [7, 11) is 0.0844. The third kappa shape index (κ3) is 3.56. The molecule has 1 saturated heterocycles. The summed E-state index contributed by atoms with van der Waals surface area (Å²) in [5.74, 6) is 0. The van der Waals surface area contributed by atoms with Crippen molar-refractivity contribution in [2.45, 2.75) is 30.7 Å². The Labute approximate surface area is 128 Å². The summed E-state index contributed by atoms with van der Waals surface area (Å²) in [6.07, 6.45) is 2.23. The molecule has 0 aromatic heterocycles. The van der Waals surface area contributed by atoms with E-state index in [1.54, 1.807) is 31.3 Å². The molecule has 0 saturated carbocycles. The molecule has 1 N–H and O–H groups in total. The summed E-state index contributed by atoms with van der Waals surface area (Å²) in [5.41, 5.74) is 0.907. The van der Waals surface area contributed by atoms with Gasteiger partial charge >= 0.3 is 0 Å². The first-order chi connectivity index (χ1) is 9.98. The van der Waals surface area contributed by atoms with Gasteiger partial charge in [-0.25, -0.2) is 8.42 Å². The van der Waals surface area contributed by atoms with Gasteiger partial charge in [0.15, 0.2) is 0 Å². The molecule has 0 bridgehead atoms. The normalized spacial score (nSPS) is 20.1. The van der Waals surface area contributed by atoms with Crippen LogP contribution < -0.4 is 5.32 Å². The van der Waals surface area contributed by atoms with Crippen molar-refractivity contribution >= 4 is 15.7 Å². The van der Waals surface area contributed by atoms with Crippen molar-refractivity contribution in [1.82, 2.24) is 9.21 Å². The monoisotopic (exact) mass is 311 g/mol. The number of anilines is 1. The van der Waals surface area contributed by atoms with E-state index < -0.39 is 10.0 Å². The topological polar surface area (TPSA) is 52.7 Å². The first-order valence-corrected chi connectivity index (χ1v) is 8.91. The minimum atomic E-state index is -3.40. The second kappa shape index (κ2) is 6.77. The smallest absolute Gasteiger partial charge is 0.242 e. The van der Waals surface area contributed by atoms with E-state index in [1.165, 1.54) is 4.31 Å². The van der Waals surface area contributed by atoms with Gasteiger partial charge in [-0.1, -0.05) is 6.92 Å². The zero-order valence-electron chi connectivity index (χ0n) is 13.0. The Kier molecular flexibility index (Phi) is 5.24. The van der Waals surface area contributed by atoms with Gasteiger partial charge in [0.25, 0.3) is 0 Å². The van der Waals surface area contributed by atoms with Crippen LogP contribution in [0.25, 0.3) is 0 Å². The Morgan fingerprint density at radius 2 is 2.00 bits per heavy atom. The predicted octanol–water partition coefficient (Wildman–Crippen LogP) is 1.83. The van der Waals surface area contributed by atoms with Crippen LogP contribution in [-0.4, -0.2) is 57.4 Å². The molecule has 0 spiro atoms. The molecule has 5 nitrogen and oxygen atoms in total. The number of nitrogens with one attached hydrogen (secondary N) is 1. The van der Waals surface area contributed by atoms with Crippen LogP contribution in [0.5, 0.6) is 0 Å². The van der Waals surface area contributed by atoms with E-state index in [4.69, 9.17) is 0 Å². The molecule has 2 rings (SSSR count). The highest BCUT2D eigenvalue weighted by molar-refractivity contribution is 7.89. The van der Waals surface area contributed by atoms with Crippen LogP contribution in [0, 0.1) is 0 Å². The third-order valence-corrected chi connectivity index (χ3v) is 6.06. The average Bonchev–Trinajstić information content (AvgIpc) is 2.94. The Morgan fingerprint density at radius 1 is 1.33 bits per heavy atom. The summed E-state index contributed by atoms with van der Waals surface area (Å²) < 4.78 is 26.7. The number of nitrogens with zero attached hydrogens (tertiary/aromatic N) is 2. The van der Waals surface area contributed by atoms with Crippen LogP contribution in [0.2, 0.25) is 0 Å². The Bertz CT molecular complexity index is 557. The number of likely N-dealkylation sites (N-methyl/N-ethyl adjacent to an activating group) is 2. The van der Waals surface area contributed by atoms with Gasteiger partial charge in [0.05, 0.1) is 4.90 Å². The van der Waals surface area contributed by atoms with Gasteiger partial charge in [0.1, 0.15) is 0 Å². The van der Waals surface area contributed by atoms with Crippen molar-refractivity contribution < 1.29 is 8.42 Å². The van der Waals surface area contributed by atoms with Gasteiger partial charge in [-0.3, -0.25) is 4.90 Å². The molecule has 0 amide bonds. The Morgan fingerprint density at radius 3 is 2.57 bits per heavy atom. The van der Waals surface area contributed by atoms with Gasteiger partial charge in [-0.2, -0.15) is 4.31 Å². The summed E-state index contributed by atoms with van der Waals surface area (Å²) >= 11 is 0. The van der Waals surface area contributed by atoms with Crippen molar-refractivity contribution in [2.75, 3.05) is 39.0 Å². The van der Waals surface area contributed by atoms with Crippen molar-refractivity contribution in [3.63, 3.8) is 0 Å². The summed E-state index contributed by atoms with van der Waals surface area (Å²) in [6.45, 7) is 4.74. The molecule has 1 unspecified atom stereocenters. The number of benzene rings is 1. The van der Waals surface area contributed by atoms with Crippen LogP contribution in [0.4, 0.5) is 5.69 Å². The van der Waals surface area contributed by atoms with Crippen molar-refractivity contribution in [1.29, 1.82) is 0 Å². The second-order valence-corrected chi connectivity index (χ2v) is 7.53. The van der Waals surface area contributed by atoms with Gasteiger partial charge in [-0.15, -0.1) is 0 Å². The van der Waals surface area contributed by atoms with Crippen LogP contribution in [0.1, 0.15) is 19.8 Å². The van der Waals surface area contributed by atoms with Crippen LogP contribution in [0.3, 0.4) is 0 Å². The first kappa shape index (κ1) is 16.3. The summed E-state index contributed by atoms with van der Waals surface area (Å²) in [5, 5.41) is 2.99. The van der Waals surface area contributed by atoms with Crippen LogP contribution >= 0.6 is 0 Å². The highest BCUT2D eigenvalue weighted by atomic mass is 32.2. The van der Waals surface area contributed by atoms with Gasteiger partial charge < -0.3 is 5.32 Å². The molecule has 1 aliphatic heterocycles. The van der Waals surface area contributed by atoms with Gasteiger partial charge in [0.2, 0.25) is 10.0 Å². The maximum absolute atomic E-state index is 12.6. The minimum absolute atomic E-state index is 0.339. The lowest BCUT2D eigenvalue weighted by molar-refractivity contribution is 0.237. The van der Waals surface area contributed by atoms with Crippen molar-refractivity contribution in [2.24, 2.45) is 0 Å². The molecule has 0 aliphatic carbocycles. The lowest BCUT2D eigenvalue weighted by atomic mass is 10.2. The molecule has 0 radical (unpaired) electrons. The molecule has 21 heavy (non-hydrogen) atoms. The Hall–Kier alpha value is -1.11. The largest absolute Gasteiger partial charge is 0.388 e. The summed E-state index contributed by atoms with van der Waals surface area (Å²) in [4.78, 5) is 2.71. The molecular weight excluding hydrogens is 286 g/mol. The molecule has 1 aromatic rings. The number of hydrogen-bond acceptors (Lipinski definition) is 4. The van der Waals surface area contributed by atoms with E-state index >= 15 is 0 Å². The lowest BCUT2D eigenvalue weighted by Crippen LogP contribution is -2.41. The molecular formula is C15H25N3O2S. The zero-order chi connectivity index (χ0) is 15.5. The Balaban J connectivity index is 2.10. The highest BCUT2D eigenvalue weighted by Gasteiger charge is 2.29. The maximum Gasteiger partial charge on any atom is 0.242 e. The molecule has 1 fully saturated rings. The maximum atomic E-state index is 12.6. The molecule has 118 valence electrons. The molecule has 1 aromatic carbocycles. The second-order valence-electron chi connectivity index (χ2n) is 5.48. The van der Waals surface area contributed by atoms with Gasteiger partial charge in [0, 0.05) is 32.4 Å². The van der Waals surface area contributed by atoms with Crippen molar-refractivity contribution in [3.8, 4) is 0 Å². The number of likely N-dealkylation sites (tertiary alicyclic amines) is 1. The fourth-order valence-electron chi connectivity index (χ4n) is 2.89. The average molecular weight is 311 g/mol. The van der Waals surface area contributed by atoms with Crippen molar-refractivity contribution in [3.05, 3.63) is 24.3 Å². The summed E-state index contributed by atoms with van der Waals surface area (Å²) in [6, 6.07) is 7.23. The first-order valence-electron chi connectivity index (χ1n) is 7.47. The lowest BCUT2D eigenvalue weighted by Gasteiger charge is -2.27. The predicted molar refractivity (Wildman–Crippen MR) is 86.1 cm³/mol. The number of sulfonamides is 1. The molecule has 1 atom stereocenters. The zero-order valence-corrected chi connectivity index (χ0v) is 13.9. The number of hydrogen-bond donors (Lipinski definition) is 1. The number of rotatable bonds is 6. The quantitative estimate of drug-likeness (QED) is 0.871. The van der Waals surface area contributed by atoms with Crippen LogP contribution in [0.15, 0.2) is 29.2 Å². The standard InChI is InChI=1S/C15H25N3O2S/c1-4-18-11-5-6-14(18)12-17(3)21(19,20)15-9-7-13(16-2)8-10-15/h7-10,14,16H,4-6,11-12H2,1-3H3. The SMILES string of the molecule is CCN1CCCC1CN(C)S(=O)(=O)c1ccc(NC)cc1. The fraction of sp³-hybridized carbons (Fsp3) is 0.600. The third-order valence-electron chi connectivity index (χ3n) is 4.22. The van der Waals surface area contributed by atoms with E-state index in [2.05, 4.69) is 17.1 Å². The molecule has 1 aliphatic rings. The molecule has 6 heteroatoms. The van der Waals surface area contributed by atoms with E-state index in [-0.39, 0.29) is 0 Å². The van der Waals surface area contributed by atoms with Crippen LogP contribution in [-0.2, 0) is 10.0 Å². The van der Waals surface area contributed by atoms with Gasteiger partial charge in [-0.05, 0) is 50.2 Å². The minimum Gasteiger partial charge on any atom is -0.388 e. The van der Waals surface area contributed by atoms with E-state index in [1.807, 2.05) is 7.05 Å². The van der Waals surface area contributed by atoms with E-state index in [0.717, 1.165) is 31.6 Å².